The molecule has 1 heterocycles. The second-order valence-corrected chi connectivity index (χ2v) is 4.81. The van der Waals surface area contributed by atoms with E-state index < -0.39 is 5.97 Å². The van der Waals surface area contributed by atoms with Gasteiger partial charge in [-0.05, 0) is 20.3 Å². The topological polar surface area (TPSA) is 78.9 Å². The number of hydrogen-bond donors (Lipinski definition) is 2. The number of carboxylic acids is 1. The molecule has 104 valence electrons. The molecule has 0 aliphatic carbocycles. The van der Waals surface area contributed by atoms with Gasteiger partial charge in [0.25, 0.3) is 0 Å². The molecule has 6 nitrogen and oxygen atoms in total. The molecule has 1 aliphatic rings. The van der Waals surface area contributed by atoms with Gasteiger partial charge in [-0.3, -0.25) is 4.79 Å². The van der Waals surface area contributed by atoms with Crippen LogP contribution in [0.2, 0.25) is 0 Å². The Labute approximate surface area is 107 Å². The van der Waals surface area contributed by atoms with Crippen LogP contribution in [-0.4, -0.2) is 53.3 Å². The van der Waals surface area contributed by atoms with Gasteiger partial charge in [0, 0.05) is 12.6 Å². The summed E-state index contributed by atoms with van der Waals surface area (Å²) in [7, 11) is 0. The molecular formula is C12H22N2O4. The zero-order chi connectivity index (χ0) is 13.7. The van der Waals surface area contributed by atoms with Crippen molar-refractivity contribution < 1.29 is 19.4 Å². The first kappa shape index (κ1) is 14.8. The standard InChI is InChI=1S/C12H22N2O4/c1-4-10-7-18-9(3)6-14(10)12(17)13-8(2)5-11(15)16/h8-10H,4-7H2,1-3H3,(H,13,17)(H,15,16). The first-order chi connectivity index (χ1) is 8.43. The van der Waals surface area contributed by atoms with Crippen molar-refractivity contribution in [3.63, 3.8) is 0 Å². The number of amides is 2. The van der Waals surface area contributed by atoms with Crippen molar-refractivity contribution in [1.29, 1.82) is 0 Å². The fourth-order valence-electron chi connectivity index (χ4n) is 2.04. The molecule has 0 aromatic carbocycles. The van der Waals surface area contributed by atoms with Gasteiger partial charge < -0.3 is 20.1 Å². The molecule has 0 spiro atoms. The van der Waals surface area contributed by atoms with E-state index in [-0.39, 0.29) is 30.6 Å². The summed E-state index contributed by atoms with van der Waals surface area (Å²) in [6.07, 6.45) is 0.781. The van der Waals surface area contributed by atoms with Crippen LogP contribution in [0.3, 0.4) is 0 Å². The fraction of sp³-hybridized carbons (Fsp3) is 0.833. The number of morpholine rings is 1. The van der Waals surface area contributed by atoms with E-state index in [2.05, 4.69) is 5.32 Å². The van der Waals surface area contributed by atoms with Gasteiger partial charge >= 0.3 is 12.0 Å². The predicted octanol–water partition coefficient (Wildman–Crippen LogP) is 1.06. The summed E-state index contributed by atoms with van der Waals surface area (Å²) < 4.78 is 5.52. The highest BCUT2D eigenvalue weighted by atomic mass is 16.5. The van der Waals surface area contributed by atoms with Crippen molar-refractivity contribution in [1.82, 2.24) is 10.2 Å². The molecule has 2 amide bonds. The lowest BCUT2D eigenvalue weighted by molar-refractivity contribution is -0.137. The molecule has 18 heavy (non-hydrogen) atoms. The van der Waals surface area contributed by atoms with Crippen molar-refractivity contribution in [2.75, 3.05) is 13.2 Å². The van der Waals surface area contributed by atoms with Crippen LogP contribution in [0.4, 0.5) is 4.79 Å². The summed E-state index contributed by atoms with van der Waals surface area (Å²) in [5, 5.41) is 11.4. The number of urea groups is 1. The number of ether oxygens (including phenoxy) is 1. The number of carbonyl (C=O) groups is 2. The van der Waals surface area contributed by atoms with E-state index in [1.165, 1.54) is 0 Å². The van der Waals surface area contributed by atoms with E-state index in [0.29, 0.717) is 13.2 Å². The molecule has 1 aliphatic heterocycles. The van der Waals surface area contributed by atoms with Crippen LogP contribution in [0.1, 0.15) is 33.6 Å². The smallest absolute Gasteiger partial charge is 0.318 e. The number of hydrogen-bond acceptors (Lipinski definition) is 3. The fourth-order valence-corrected chi connectivity index (χ4v) is 2.04. The second-order valence-electron chi connectivity index (χ2n) is 4.81. The van der Waals surface area contributed by atoms with Crippen LogP contribution < -0.4 is 5.32 Å². The lowest BCUT2D eigenvalue weighted by atomic mass is 10.1. The van der Waals surface area contributed by atoms with Gasteiger partial charge in [-0.15, -0.1) is 0 Å². The highest BCUT2D eigenvalue weighted by Gasteiger charge is 2.30. The van der Waals surface area contributed by atoms with Crippen molar-refractivity contribution in [2.45, 2.75) is 51.8 Å². The third-order valence-corrected chi connectivity index (χ3v) is 3.05. The Morgan fingerprint density at radius 1 is 1.56 bits per heavy atom. The van der Waals surface area contributed by atoms with E-state index in [4.69, 9.17) is 9.84 Å². The number of rotatable bonds is 4. The van der Waals surface area contributed by atoms with Gasteiger partial charge in [0.05, 0.1) is 25.2 Å². The first-order valence-corrected chi connectivity index (χ1v) is 6.34. The van der Waals surface area contributed by atoms with Crippen molar-refractivity contribution in [3.05, 3.63) is 0 Å². The minimum Gasteiger partial charge on any atom is -0.481 e. The van der Waals surface area contributed by atoms with Crippen LogP contribution >= 0.6 is 0 Å². The van der Waals surface area contributed by atoms with Crippen molar-refractivity contribution >= 4 is 12.0 Å². The lowest BCUT2D eigenvalue weighted by Gasteiger charge is -2.38. The third kappa shape index (κ3) is 4.18. The van der Waals surface area contributed by atoms with Gasteiger partial charge in [0.2, 0.25) is 0 Å². The summed E-state index contributed by atoms with van der Waals surface area (Å²) in [4.78, 5) is 24.4. The minimum absolute atomic E-state index is 0.0216. The maximum Gasteiger partial charge on any atom is 0.318 e. The lowest BCUT2D eigenvalue weighted by Crippen LogP contribution is -2.55. The quantitative estimate of drug-likeness (QED) is 0.790. The highest BCUT2D eigenvalue weighted by Crippen LogP contribution is 2.14. The van der Waals surface area contributed by atoms with E-state index >= 15 is 0 Å². The zero-order valence-corrected chi connectivity index (χ0v) is 11.2. The Morgan fingerprint density at radius 2 is 2.22 bits per heavy atom. The monoisotopic (exact) mass is 258 g/mol. The van der Waals surface area contributed by atoms with E-state index in [9.17, 15) is 9.59 Å². The molecular weight excluding hydrogens is 236 g/mol. The Kier molecular flexibility index (Phi) is 5.40. The molecule has 1 saturated heterocycles. The third-order valence-electron chi connectivity index (χ3n) is 3.05. The molecule has 3 unspecified atom stereocenters. The normalized spacial score (nSPS) is 25.6. The molecule has 0 bridgehead atoms. The van der Waals surface area contributed by atoms with E-state index in [0.717, 1.165) is 6.42 Å². The summed E-state index contributed by atoms with van der Waals surface area (Å²) in [6, 6.07) is -0.505. The SMILES string of the molecule is CCC1COC(C)CN1C(=O)NC(C)CC(=O)O. The molecule has 0 radical (unpaired) electrons. The van der Waals surface area contributed by atoms with Gasteiger partial charge in [-0.25, -0.2) is 4.79 Å². The summed E-state index contributed by atoms with van der Waals surface area (Å²) in [6.45, 7) is 6.71. The van der Waals surface area contributed by atoms with Crippen molar-refractivity contribution in [2.24, 2.45) is 0 Å². The van der Waals surface area contributed by atoms with E-state index in [1.54, 1.807) is 11.8 Å². The second kappa shape index (κ2) is 6.58. The zero-order valence-electron chi connectivity index (χ0n) is 11.2. The number of carbonyl (C=O) groups excluding carboxylic acids is 1. The largest absolute Gasteiger partial charge is 0.481 e. The number of nitrogens with one attached hydrogen (secondary N) is 1. The molecule has 1 fully saturated rings. The summed E-state index contributed by atoms with van der Waals surface area (Å²) >= 11 is 0. The Hall–Kier alpha value is -1.30. The van der Waals surface area contributed by atoms with Gasteiger partial charge in [0.15, 0.2) is 0 Å². The maximum atomic E-state index is 12.1. The molecule has 6 heteroatoms. The summed E-state index contributed by atoms with van der Waals surface area (Å²) in [5.74, 6) is -0.912. The Balaban J connectivity index is 2.54. The average Bonchev–Trinajstić information content (AvgIpc) is 2.27. The van der Waals surface area contributed by atoms with Gasteiger partial charge in [0.1, 0.15) is 0 Å². The van der Waals surface area contributed by atoms with E-state index in [1.807, 2.05) is 13.8 Å². The van der Waals surface area contributed by atoms with Gasteiger partial charge in [-0.1, -0.05) is 6.92 Å². The first-order valence-electron chi connectivity index (χ1n) is 6.34. The van der Waals surface area contributed by atoms with Crippen LogP contribution in [0.5, 0.6) is 0 Å². The van der Waals surface area contributed by atoms with Crippen LogP contribution in [0.15, 0.2) is 0 Å². The summed E-state index contributed by atoms with van der Waals surface area (Å²) in [5.41, 5.74) is 0. The van der Waals surface area contributed by atoms with Crippen LogP contribution in [0.25, 0.3) is 0 Å². The van der Waals surface area contributed by atoms with Crippen LogP contribution in [0, 0.1) is 0 Å². The van der Waals surface area contributed by atoms with Gasteiger partial charge in [-0.2, -0.15) is 0 Å². The van der Waals surface area contributed by atoms with Crippen molar-refractivity contribution in [3.8, 4) is 0 Å². The highest BCUT2D eigenvalue weighted by molar-refractivity contribution is 5.76. The molecule has 3 atom stereocenters. The number of aliphatic carboxylic acids is 1. The maximum absolute atomic E-state index is 12.1. The predicted molar refractivity (Wildman–Crippen MR) is 66.4 cm³/mol. The number of nitrogens with zero attached hydrogens (tertiary/aromatic N) is 1. The molecule has 0 aromatic rings. The molecule has 0 saturated carbocycles. The Bertz CT molecular complexity index is 308. The molecule has 2 N–H and O–H groups in total. The average molecular weight is 258 g/mol. The Morgan fingerprint density at radius 3 is 2.78 bits per heavy atom. The minimum atomic E-state index is -0.912. The molecule has 0 aromatic heterocycles. The van der Waals surface area contributed by atoms with Crippen LogP contribution in [-0.2, 0) is 9.53 Å². The number of carboxylic acid groups (broad SMARTS) is 1. The molecule has 1 rings (SSSR count).